The van der Waals surface area contributed by atoms with Crippen LogP contribution in [0, 0.1) is 17.3 Å². The van der Waals surface area contributed by atoms with Gasteiger partial charge in [-0.05, 0) is 12.0 Å². The van der Waals surface area contributed by atoms with Crippen LogP contribution in [0.25, 0.3) is 0 Å². The summed E-state index contributed by atoms with van der Waals surface area (Å²) in [6.45, 7) is 4.64. The number of pyridine rings is 1. The zero-order chi connectivity index (χ0) is 16.2. The standard InChI is InChI=1S/C16H19ClN4O/c1-16(2,10-22)9-19-14-6-15(17)18-7-12(14)4-5-13-8-21(3)11-20-13/h6-8,11,22H,9-10H2,1-3H3,(H,18,19). The molecule has 0 bridgehead atoms. The quantitative estimate of drug-likeness (QED) is 0.671. The van der Waals surface area contributed by atoms with E-state index in [1.165, 1.54) is 0 Å². The number of halogens is 1. The molecule has 2 N–H and O–H groups in total. The van der Waals surface area contributed by atoms with Gasteiger partial charge in [0.25, 0.3) is 0 Å². The van der Waals surface area contributed by atoms with Crippen LogP contribution in [0.5, 0.6) is 0 Å². The molecule has 2 aromatic heterocycles. The van der Waals surface area contributed by atoms with Crippen molar-refractivity contribution in [2.24, 2.45) is 12.5 Å². The van der Waals surface area contributed by atoms with Gasteiger partial charge in [0.1, 0.15) is 10.8 Å². The van der Waals surface area contributed by atoms with Crippen LogP contribution < -0.4 is 5.32 Å². The van der Waals surface area contributed by atoms with E-state index in [2.05, 4.69) is 27.1 Å². The van der Waals surface area contributed by atoms with Crippen LogP contribution in [-0.4, -0.2) is 32.8 Å². The number of nitrogens with one attached hydrogen (secondary N) is 1. The van der Waals surface area contributed by atoms with E-state index in [1.54, 1.807) is 18.6 Å². The van der Waals surface area contributed by atoms with E-state index >= 15 is 0 Å². The molecule has 0 atom stereocenters. The van der Waals surface area contributed by atoms with Crippen molar-refractivity contribution in [3.63, 3.8) is 0 Å². The monoisotopic (exact) mass is 318 g/mol. The molecule has 0 saturated carbocycles. The Balaban J connectivity index is 2.23. The van der Waals surface area contributed by atoms with Crippen LogP contribution in [-0.2, 0) is 7.05 Å². The number of hydrogen-bond acceptors (Lipinski definition) is 4. The third-order valence-corrected chi connectivity index (χ3v) is 3.29. The molecule has 22 heavy (non-hydrogen) atoms. The molecule has 0 amide bonds. The van der Waals surface area contributed by atoms with Crippen molar-refractivity contribution in [2.45, 2.75) is 13.8 Å². The van der Waals surface area contributed by atoms with Crippen molar-refractivity contribution < 1.29 is 5.11 Å². The lowest BCUT2D eigenvalue weighted by Gasteiger charge is -2.23. The maximum atomic E-state index is 9.33. The number of imidazole rings is 1. The summed E-state index contributed by atoms with van der Waals surface area (Å²) in [5, 5.41) is 13.0. The zero-order valence-electron chi connectivity index (χ0n) is 12.9. The second-order valence-electron chi connectivity index (χ2n) is 5.90. The van der Waals surface area contributed by atoms with Crippen molar-refractivity contribution in [3.05, 3.63) is 41.2 Å². The van der Waals surface area contributed by atoms with Crippen molar-refractivity contribution >= 4 is 17.3 Å². The number of aryl methyl sites for hydroxylation is 1. The smallest absolute Gasteiger partial charge is 0.131 e. The topological polar surface area (TPSA) is 63.0 Å². The number of anilines is 1. The molecule has 6 heteroatoms. The van der Waals surface area contributed by atoms with Gasteiger partial charge in [-0.25, -0.2) is 9.97 Å². The Hall–Kier alpha value is -2.03. The second-order valence-corrected chi connectivity index (χ2v) is 6.29. The SMILES string of the molecule is Cn1cnc(C#Cc2cnc(Cl)cc2NCC(C)(C)CO)c1. The molecule has 2 aromatic rings. The summed E-state index contributed by atoms with van der Waals surface area (Å²) in [5.41, 5.74) is 1.99. The summed E-state index contributed by atoms with van der Waals surface area (Å²) >= 11 is 5.96. The van der Waals surface area contributed by atoms with Gasteiger partial charge in [-0.2, -0.15) is 0 Å². The van der Waals surface area contributed by atoms with E-state index in [0.29, 0.717) is 17.4 Å². The van der Waals surface area contributed by atoms with Crippen molar-refractivity contribution in [1.82, 2.24) is 14.5 Å². The second kappa shape index (κ2) is 6.82. The Labute approximate surface area is 135 Å². The Morgan fingerprint density at radius 3 is 2.77 bits per heavy atom. The van der Waals surface area contributed by atoms with E-state index in [1.807, 2.05) is 31.7 Å². The van der Waals surface area contributed by atoms with Gasteiger partial charge in [0.2, 0.25) is 0 Å². The van der Waals surface area contributed by atoms with Gasteiger partial charge in [-0.3, -0.25) is 0 Å². The van der Waals surface area contributed by atoms with Gasteiger partial charge in [-0.15, -0.1) is 0 Å². The van der Waals surface area contributed by atoms with Crippen molar-refractivity contribution in [1.29, 1.82) is 0 Å². The fourth-order valence-electron chi connectivity index (χ4n) is 1.67. The van der Waals surface area contributed by atoms with Crippen LogP contribution in [0.15, 0.2) is 24.8 Å². The summed E-state index contributed by atoms with van der Waals surface area (Å²) in [6, 6.07) is 1.73. The minimum atomic E-state index is -0.235. The summed E-state index contributed by atoms with van der Waals surface area (Å²) in [6.07, 6.45) is 5.18. The van der Waals surface area contributed by atoms with Crippen LogP contribution in [0.3, 0.4) is 0 Å². The molecule has 2 rings (SSSR count). The maximum Gasteiger partial charge on any atom is 0.131 e. The van der Waals surface area contributed by atoms with Gasteiger partial charge in [0.05, 0.1) is 17.6 Å². The summed E-state index contributed by atoms with van der Waals surface area (Å²) in [7, 11) is 1.89. The van der Waals surface area contributed by atoms with Crippen molar-refractivity contribution in [2.75, 3.05) is 18.5 Å². The van der Waals surface area contributed by atoms with Crippen LogP contribution in [0.4, 0.5) is 5.69 Å². The maximum absolute atomic E-state index is 9.33. The number of hydrogen-bond donors (Lipinski definition) is 2. The van der Waals surface area contributed by atoms with Gasteiger partial charge in [0.15, 0.2) is 0 Å². The number of aromatic nitrogens is 3. The van der Waals surface area contributed by atoms with Crippen molar-refractivity contribution in [3.8, 4) is 11.8 Å². The van der Waals surface area contributed by atoms with E-state index < -0.39 is 0 Å². The van der Waals surface area contributed by atoms with Gasteiger partial charge < -0.3 is 15.0 Å². The Kier molecular flexibility index (Phi) is 5.07. The number of aliphatic hydroxyl groups excluding tert-OH is 1. The van der Waals surface area contributed by atoms with E-state index in [-0.39, 0.29) is 12.0 Å². The fraction of sp³-hybridized carbons (Fsp3) is 0.375. The molecule has 0 aromatic carbocycles. The third-order valence-electron chi connectivity index (χ3n) is 3.09. The highest BCUT2D eigenvalue weighted by Crippen LogP contribution is 2.21. The molecule has 0 aliphatic heterocycles. The molecule has 0 fully saturated rings. The average Bonchev–Trinajstić information content (AvgIpc) is 2.90. The molecule has 0 unspecified atom stereocenters. The highest BCUT2D eigenvalue weighted by atomic mass is 35.5. The molecule has 0 radical (unpaired) electrons. The minimum Gasteiger partial charge on any atom is -0.396 e. The summed E-state index contributed by atoms with van der Waals surface area (Å²) in [5.74, 6) is 6.05. The van der Waals surface area contributed by atoms with E-state index in [9.17, 15) is 5.11 Å². The van der Waals surface area contributed by atoms with Crippen LogP contribution >= 0.6 is 11.6 Å². The molecule has 5 nitrogen and oxygen atoms in total. The zero-order valence-corrected chi connectivity index (χ0v) is 13.6. The van der Waals surface area contributed by atoms with Crippen LogP contribution in [0.2, 0.25) is 5.15 Å². The molecular formula is C16H19ClN4O. The lowest BCUT2D eigenvalue weighted by molar-refractivity contribution is 0.171. The molecule has 0 aliphatic carbocycles. The molecule has 0 saturated heterocycles. The van der Waals surface area contributed by atoms with Crippen LogP contribution in [0.1, 0.15) is 25.1 Å². The largest absolute Gasteiger partial charge is 0.396 e. The first kappa shape index (κ1) is 16.3. The number of aliphatic hydroxyl groups is 1. The third kappa shape index (κ3) is 4.48. The predicted molar refractivity (Wildman–Crippen MR) is 87.8 cm³/mol. The van der Waals surface area contributed by atoms with E-state index in [0.717, 1.165) is 11.3 Å². The molecule has 116 valence electrons. The Bertz CT molecular complexity index is 712. The van der Waals surface area contributed by atoms with Gasteiger partial charge >= 0.3 is 0 Å². The first-order valence-corrected chi connectivity index (χ1v) is 7.28. The van der Waals surface area contributed by atoms with Gasteiger partial charge in [0, 0.05) is 38.0 Å². The first-order valence-electron chi connectivity index (χ1n) is 6.90. The normalized spacial score (nSPS) is 11.0. The highest BCUT2D eigenvalue weighted by molar-refractivity contribution is 6.29. The molecule has 0 aliphatic rings. The fourth-order valence-corrected chi connectivity index (χ4v) is 1.83. The highest BCUT2D eigenvalue weighted by Gasteiger charge is 2.16. The average molecular weight is 319 g/mol. The summed E-state index contributed by atoms with van der Waals surface area (Å²) < 4.78 is 1.84. The summed E-state index contributed by atoms with van der Waals surface area (Å²) in [4.78, 5) is 8.24. The lowest BCUT2D eigenvalue weighted by atomic mass is 9.95. The lowest BCUT2D eigenvalue weighted by Crippen LogP contribution is -2.27. The number of nitrogens with zero attached hydrogens (tertiary/aromatic N) is 3. The molecule has 0 spiro atoms. The first-order chi connectivity index (χ1) is 10.4. The Morgan fingerprint density at radius 1 is 1.36 bits per heavy atom. The minimum absolute atomic E-state index is 0.0910. The predicted octanol–water partition coefficient (Wildman–Crippen LogP) is 2.30. The number of rotatable bonds is 4. The Morgan fingerprint density at radius 2 is 2.14 bits per heavy atom. The van der Waals surface area contributed by atoms with E-state index in [4.69, 9.17) is 11.6 Å². The molecular weight excluding hydrogens is 300 g/mol. The van der Waals surface area contributed by atoms with Gasteiger partial charge in [-0.1, -0.05) is 31.4 Å². The molecule has 2 heterocycles.